The molecule has 0 fully saturated rings. The molecule has 4 heteroatoms. The van der Waals surface area contributed by atoms with Crippen LogP contribution in [-0.2, 0) is 9.93 Å². The summed E-state index contributed by atoms with van der Waals surface area (Å²) in [4.78, 5) is 14.7. The van der Waals surface area contributed by atoms with Crippen LogP contribution in [0.4, 0.5) is 0 Å². The van der Waals surface area contributed by atoms with Crippen molar-refractivity contribution in [3.05, 3.63) is 35.4 Å². The van der Waals surface area contributed by atoms with E-state index in [1.165, 1.54) is 0 Å². The van der Waals surface area contributed by atoms with E-state index < -0.39 is 5.97 Å². The third-order valence-corrected chi connectivity index (χ3v) is 1.40. The van der Waals surface area contributed by atoms with Gasteiger partial charge in [-0.1, -0.05) is 17.7 Å². The summed E-state index contributed by atoms with van der Waals surface area (Å²) in [5.74, 6) is -0.725. The minimum Gasteiger partial charge on any atom is -0.263 e. The maximum atomic E-state index is 10.8. The van der Waals surface area contributed by atoms with E-state index in [1.807, 2.05) is 6.92 Å². The lowest BCUT2D eigenvalue weighted by Crippen LogP contribution is -2.03. The van der Waals surface area contributed by atoms with E-state index in [0.29, 0.717) is 5.56 Å². The highest BCUT2D eigenvalue weighted by Crippen LogP contribution is 2.04. The molecule has 0 saturated carbocycles. The van der Waals surface area contributed by atoms with Crippen LogP contribution >= 0.6 is 0 Å². The van der Waals surface area contributed by atoms with Gasteiger partial charge in [0.15, 0.2) is 0 Å². The minimum absolute atomic E-state index is 0.328. The van der Waals surface area contributed by atoms with Crippen molar-refractivity contribution >= 4 is 5.97 Å². The molecule has 1 N–H and O–H groups in total. The van der Waals surface area contributed by atoms with Gasteiger partial charge >= 0.3 is 5.97 Å². The first-order valence-electron chi connectivity index (χ1n) is 3.33. The molecule has 1 rings (SSSR count). The van der Waals surface area contributed by atoms with Crippen molar-refractivity contribution < 1.29 is 20.0 Å². The van der Waals surface area contributed by atoms with Gasteiger partial charge in [0.1, 0.15) is 0 Å². The Balaban J connectivity index is 2.75. The SMILES string of the molecule is Cc1ccc(C(=O)OOO)cc1. The standard InChI is InChI=1S/C8H8O4/c1-6-2-4-7(5-3-6)8(9)11-12-10/h2-5,10H,1H3. The first-order chi connectivity index (χ1) is 5.74. The monoisotopic (exact) mass is 168 g/mol. The number of hydrogen-bond donors (Lipinski definition) is 1. The number of aryl methyl sites for hydroxylation is 1. The average molecular weight is 168 g/mol. The topological polar surface area (TPSA) is 55.8 Å². The van der Waals surface area contributed by atoms with Crippen molar-refractivity contribution in [2.24, 2.45) is 0 Å². The molecule has 4 nitrogen and oxygen atoms in total. The van der Waals surface area contributed by atoms with Gasteiger partial charge in [-0.2, -0.15) is 0 Å². The van der Waals surface area contributed by atoms with Gasteiger partial charge in [-0.25, -0.2) is 10.1 Å². The molecular weight excluding hydrogens is 160 g/mol. The minimum atomic E-state index is -0.725. The number of carbonyl (C=O) groups is 1. The van der Waals surface area contributed by atoms with E-state index in [-0.39, 0.29) is 0 Å². The Morgan fingerprint density at radius 2 is 1.92 bits per heavy atom. The van der Waals surface area contributed by atoms with Crippen LogP contribution in [0.15, 0.2) is 24.3 Å². The maximum Gasteiger partial charge on any atom is 0.376 e. The highest BCUT2D eigenvalue weighted by atomic mass is 17.5. The Morgan fingerprint density at radius 3 is 2.42 bits per heavy atom. The maximum absolute atomic E-state index is 10.8. The molecule has 0 saturated heterocycles. The fraction of sp³-hybridized carbons (Fsp3) is 0.125. The number of hydrogen-bond acceptors (Lipinski definition) is 4. The Morgan fingerprint density at radius 1 is 1.33 bits per heavy atom. The fourth-order valence-electron chi connectivity index (χ4n) is 0.772. The first-order valence-corrected chi connectivity index (χ1v) is 3.33. The molecule has 0 spiro atoms. The van der Waals surface area contributed by atoms with Gasteiger partial charge in [-0.05, 0) is 24.1 Å². The predicted molar refractivity (Wildman–Crippen MR) is 40.3 cm³/mol. The van der Waals surface area contributed by atoms with Crippen molar-refractivity contribution in [2.45, 2.75) is 6.92 Å². The first kappa shape index (κ1) is 8.70. The molecule has 0 aromatic heterocycles. The van der Waals surface area contributed by atoms with Gasteiger partial charge in [0, 0.05) is 0 Å². The van der Waals surface area contributed by atoms with E-state index in [2.05, 4.69) is 9.93 Å². The van der Waals surface area contributed by atoms with E-state index >= 15 is 0 Å². The largest absolute Gasteiger partial charge is 0.376 e. The second kappa shape index (κ2) is 3.85. The van der Waals surface area contributed by atoms with Gasteiger partial charge in [0.2, 0.25) is 0 Å². The zero-order valence-electron chi connectivity index (χ0n) is 6.48. The highest BCUT2D eigenvalue weighted by molar-refractivity contribution is 5.88. The Labute approximate surface area is 69.2 Å². The lowest BCUT2D eigenvalue weighted by molar-refractivity contribution is -0.455. The molecule has 0 aliphatic rings. The summed E-state index contributed by atoms with van der Waals surface area (Å²) < 4.78 is 0. The van der Waals surface area contributed by atoms with Crippen molar-refractivity contribution in [3.63, 3.8) is 0 Å². The Hall–Kier alpha value is -1.39. The lowest BCUT2D eigenvalue weighted by atomic mass is 10.2. The zero-order chi connectivity index (χ0) is 8.97. The predicted octanol–water partition coefficient (Wildman–Crippen LogP) is 1.56. The normalized spacial score (nSPS) is 9.50. The van der Waals surface area contributed by atoms with E-state index in [0.717, 1.165) is 5.56 Å². The van der Waals surface area contributed by atoms with Gasteiger partial charge in [0.25, 0.3) is 0 Å². The molecule has 0 unspecified atom stereocenters. The molecule has 0 bridgehead atoms. The van der Waals surface area contributed by atoms with Crippen LogP contribution in [0.3, 0.4) is 0 Å². The van der Waals surface area contributed by atoms with Gasteiger partial charge in [0.05, 0.1) is 5.56 Å². The van der Waals surface area contributed by atoms with Gasteiger partial charge < -0.3 is 0 Å². The van der Waals surface area contributed by atoms with Gasteiger partial charge in [-0.15, -0.1) is 0 Å². The molecule has 0 radical (unpaired) electrons. The summed E-state index contributed by atoms with van der Waals surface area (Å²) >= 11 is 0. The molecule has 64 valence electrons. The Bertz CT molecular complexity index is 265. The molecule has 0 aliphatic heterocycles. The van der Waals surface area contributed by atoms with Gasteiger partial charge in [-0.3, -0.25) is 4.89 Å². The smallest absolute Gasteiger partial charge is 0.263 e. The summed E-state index contributed by atoms with van der Waals surface area (Å²) in [7, 11) is 0. The summed E-state index contributed by atoms with van der Waals surface area (Å²) in [6.07, 6.45) is 0. The summed E-state index contributed by atoms with van der Waals surface area (Å²) in [6, 6.07) is 6.68. The fourth-order valence-corrected chi connectivity index (χ4v) is 0.772. The van der Waals surface area contributed by atoms with Crippen LogP contribution in [0.1, 0.15) is 15.9 Å². The summed E-state index contributed by atoms with van der Waals surface area (Å²) in [6.45, 7) is 1.90. The van der Waals surface area contributed by atoms with Crippen LogP contribution in [0.5, 0.6) is 0 Å². The third kappa shape index (κ3) is 2.05. The summed E-state index contributed by atoms with van der Waals surface area (Å²) in [5.41, 5.74) is 1.37. The van der Waals surface area contributed by atoms with Crippen LogP contribution in [0.25, 0.3) is 0 Å². The molecule has 12 heavy (non-hydrogen) atoms. The Kier molecular flexibility index (Phi) is 2.79. The van der Waals surface area contributed by atoms with E-state index in [1.54, 1.807) is 24.3 Å². The third-order valence-electron chi connectivity index (χ3n) is 1.40. The molecular formula is C8H8O4. The zero-order valence-corrected chi connectivity index (χ0v) is 6.48. The van der Waals surface area contributed by atoms with Crippen LogP contribution in [0, 0.1) is 6.92 Å². The molecule has 0 aliphatic carbocycles. The van der Waals surface area contributed by atoms with Crippen molar-refractivity contribution in [2.75, 3.05) is 0 Å². The van der Waals surface area contributed by atoms with Crippen LogP contribution in [-0.4, -0.2) is 11.2 Å². The van der Waals surface area contributed by atoms with Crippen molar-refractivity contribution in [3.8, 4) is 0 Å². The van der Waals surface area contributed by atoms with Crippen molar-refractivity contribution in [1.29, 1.82) is 0 Å². The highest BCUT2D eigenvalue weighted by Gasteiger charge is 2.06. The molecule has 0 heterocycles. The van der Waals surface area contributed by atoms with E-state index in [4.69, 9.17) is 5.26 Å². The number of rotatable bonds is 2. The summed E-state index contributed by atoms with van der Waals surface area (Å²) in [5, 5.41) is 11.0. The molecule has 1 aromatic carbocycles. The lowest BCUT2D eigenvalue weighted by Gasteiger charge is -1.97. The van der Waals surface area contributed by atoms with Crippen LogP contribution in [0.2, 0.25) is 0 Å². The second-order valence-electron chi connectivity index (χ2n) is 2.31. The number of carbonyl (C=O) groups excluding carboxylic acids is 1. The average Bonchev–Trinajstić information content (AvgIpc) is 2.06. The molecule has 0 amide bonds. The van der Waals surface area contributed by atoms with Crippen LogP contribution < -0.4 is 0 Å². The molecule has 0 atom stereocenters. The van der Waals surface area contributed by atoms with Crippen molar-refractivity contribution in [1.82, 2.24) is 0 Å². The van der Waals surface area contributed by atoms with E-state index in [9.17, 15) is 4.79 Å². The quantitative estimate of drug-likeness (QED) is 0.537. The number of benzene rings is 1. The molecule has 1 aromatic rings. The second-order valence-corrected chi connectivity index (χ2v) is 2.31.